The molecule has 12 heteroatoms. The van der Waals surface area contributed by atoms with Gasteiger partial charge in [-0.05, 0) is 20.3 Å². The maximum Gasteiger partial charge on any atom is 0.320 e. The molecule has 0 saturated carbocycles. The maximum absolute atomic E-state index is 12.5. The lowest BCUT2D eigenvalue weighted by molar-refractivity contribution is -0.760. The molecular formula is C16H28N4O8. The second kappa shape index (κ2) is 10.8. The Morgan fingerprint density at radius 2 is 1.86 bits per heavy atom. The van der Waals surface area contributed by atoms with Gasteiger partial charge < -0.3 is 25.3 Å². The van der Waals surface area contributed by atoms with Crippen molar-refractivity contribution in [2.45, 2.75) is 32.7 Å². The van der Waals surface area contributed by atoms with Gasteiger partial charge >= 0.3 is 11.9 Å². The van der Waals surface area contributed by atoms with Crippen LogP contribution in [0, 0.1) is 15.5 Å². The van der Waals surface area contributed by atoms with Gasteiger partial charge in [0.2, 0.25) is 5.91 Å². The van der Waals surface area contributed by atoms with Crippen molar-refractivity contribution >= 4 is 17.8 Å². The first-order valence-corrected chi connectivity index (χ1v) is 8.96. The van der Waals surface area contributed by atoms with Crippen LogP contribution in [0.2, 0.25) is 0 Å². The maximum atomic E-state index is 12.5. The van der Waals surface area contributed by atoms with Crippen molar-refractivity contribution in [3.63, 3.8) is 0 Å². The van der Waals surface area contributed by atoms with Crippen LogP contribution in [0.15, 0.2) is 0 Å². The minimum atomic E-state index is -1.16. The van der Waals surface area contributed by atoms with Gasteiger partial charge in [-0.2, -0.15) is 0 Å². The molecule has 28 heavy (non-hydrogen) atoms. The van der Waals surface area contributed by atoms with Gasteiger partial charge in [-0.3, -0.25) is 19.3 Å². The normalized spacial score (nSPS) is 16.3. The lowest BCUT2D eigenvalue weighted by Gasteiger charge is -2.38. The third kappa shape index (κ3) is 8.05. The van der Waals surface area contributed by atoms with E-state index in [-0.39, 0.29) is 32.0 Å². The summed E-state index contributed by atoms with van der Waals surface area (Å²) in [5, 5.41) is 18.1. The number of hydrogen-bond donors (Lipinski definition) is 2. The molecule has 0 bridgehead atoms. The number of carbonyl (C=O) groups is 3. The van der Waals surface area contributed by atoms with Crippen LogP contribution in [0.3, 0.4) is 0 Å². The number of carbonyl (C=O) groups excluding carboxylic acids is 2. The van der Waals surface area contributed by atoms with Crippen molar-refractivity contribution in [1.29, 1.82) is 0 Å². The summed E-state index contributed by atoms with van der Waals surface area (Å²) >= 11 is 0. The van der Waals surface area contributed by atoms with Gasteiger partial charge in [-0.15, -0.1) is 10.1 Å². The molecule has 0 aromatic carbocycles. The lowest BCUT2D eigenvalue weighted by Crippen LogP contribution is -2.53. The molecule has 3 N–H and O–H groups in total. The van der Waals surface area contributed by atoms with E-state index in [0.29, 0.717) is 32.7 Å². The van der Waals surface area contributed by atoms with Gasteiger partial charge in [0.05, 0.1) is 5.41 Å². The SMILES string of the molecule is CC(C)(CO[N+](=O)[O-])C(=O)N1CCN(CCOC(=O)CC[C@H](N)C(=O)O)CC1. The van der Waals surface area contributed by atoms with Crippen LogP contribution in [0.1, 0.15) is 26.7 Å². The van der Waals surface area contributed by atoms with Gasteiger partial charge in [-0.25, -0.2) is 0 Å². The molecular weight excluding hydrogens is 376 g/mol. The number of rotatable bonds is 11. The van der Waals surface area contributed by atoms with E-state index in [1.807, 2.05) is 4.90 Å². The summed E-state index contributed by atoms with van der Waals surface area (Å²) in [4.78, 5) is 53.0. The molecule has 0 spiro atoms. The number of carboxylic acids is 1. The number of esters is 1. The first-order valence-electron chi connectivity index (χ1n) is 8.96. The molecule has 1 amide bonds. The molecule has 1 atom stereocenters. The number of nitrogens with zero attached hydrogens (tertiary/aromatic N) is 3. The monoisotopic (exact) mass is 404 g/mol. The van der Waals surface area contributed by atoms with E-state index >= 15 is 0 Å². The quantitative estimate of drug-likeness (QED) is 0.250. The van der Waals surface area contributed by atoms with Gasteiger partial charge in [-0.1, -0.05) is 0 Å². The number of ether oxygens (including phenoxy) is 1. The van der Waals surface area contributed by atoms with Gasteiger partial charge in [0.1, 0.15) is 19.3 Å². The Kier molecular flexibility index (Phi) is 9.06. The average Bonchev–Trinajstić information content (AvgIpc) is 2.64. The minimum absolute atomic E-state index is 0.0187. The van der Waals surface area contributed by atoms with Gasteiger partial charge in [0.25, 0.3) is 5.09 Å². The van der Waals surface area contributed by atoms with Crippen molar-refractivity contribution in [3.8, 4) is 0 Å². The standard InChI is InChI=1S/C16H28N4O8/c1-16(2,11-28-20(25)26)15(24)19-7-5-18(6-8-19)9-10-27-13(21)4-3-12(17)14(22)23/h12H,3-11,17H2,1-2H3,(H,22,23)/t12-/m0/s1. The molecule has 1 aliphatic heterocycles. The predicted molar refractivity (Wildman–Crippen MR) is 95.6 cm³/mol. The van der Waals surface area contributed by atoms with Crippen LogP contribution < -0.4 is 5.73 Å². The Balaban J connectivity index is 2.27. The van der Waals surface area contributed by atoms with E-state index in [2.05, 4.69) is 4.84 Å². The lowest BCUT2D eigenvalue weighted by atomic mass is 9.92. The van der Waals surface area contributed by atoms with Crippen molar-refractivity contribution in [3.05, 3.63) is 10.1 Å². The Morgan fingerprint density at radius 1 is 1.25 bits per heavy atom. The highest BCUT2D eigenvalue weighted by Gasteiger charge is 2.34. The number of aliphatic carboxylic acids is 1. The largest absolute Gasteiger partial charge is 0.480 e. The number of hydrogen-bond acceptors (Lipinski definition) is 9. The molecule has 1 saturated heterocycles. The van der Waals surface area contributed by atoms with E-state index in [1.165, 1.54) is 0 Å². The molecule has 0 aromatic heterocycles. The molecule has 160 valence electrons. The van der Waals surface area contributed by atoms with E-state index in [4.69, 9.17) is 15.6 Å². The van der Waals surface area contributed by atoms with Crippen LogP contribution in [0.4, 0.5) is 0 Å². The molecule has 0 unspecified atom stereocenters. The summed E-state index contributed by atoms with van der Waals surface area (Å²) in [6.45, 7) is 5.63. The zero-order chi connectivity index (χ0) is 21.3. The summed E-state index contributed by atoms with van der Waals surface area (Å²) in [7, 11) is 0. The van der Waals surface area contributed by atoms with E-state index < -0.39 is 28.5 Å². The van der Waals surface area contributed by atoms with Crippen LogP contribution in [-0.4, -0.2) is 89.8 Å². The first kappa shape index (κ1) is 23.6. The number of nitrogens with two attached hydrogens (primary N) is 1. The molecule has 1 aliphatic rings. The molecule has 0 radical (unpaired) electrons. The van der Waals surface area contributed by atoms with E-state index in [1.54, 1.807) is 18.7 Å². The summed E-state index contributed by atoms with van der Waals surface area (Å²) in [5.41, 5.74) is 4.32. The molecule has 12 nitrogen and oxygen atoms in total. The highest BCUT2D eigenvalue weighted by molar-refractivity contribution is 5.82. The second-order valence-electron chi connectivity index (χ2n) is 7.22. The fourth-order valence-corrected chi connectivity index (χ4v) is 2.64. The summed E-state index contributed by atoms with van der Waals surface area (Å²) in [6, 6.07) is -1.09. The summed E-state index contributed by atoms with van der Waals surface area (Å²) < 4.78 is 5.07. The van der Waals surface area contributed by atoms with E-state index in [9.17, 15) is 24.5 Å². The molecule has 1 heterocycles. The van der Waals surface area contributed by atoms with Crippen molar-refractivity contribution in [2.24, 2.45) is 11.1 Å². The Labute approximate surface area is 162 Å². The molecule has 0 aromatic rings. The topological polar surface area (TPSA) is 166 Å². The fraction of sp³-hybridized carbons (Fsp3) is 0.812. The zero-order valence-electron chi connectivity index (χ0n) is 16.2. The van der Waals surface area contributed by atoms with Crippen molar-refractivity contribution in [2.75, 3.05) is 45.9 Å². The predicted octanol–water partition coefficient (Wildman–Crippen LogP) is -0.900. The molecule has 1 rings (SSSR count). The average molecular weight is 404 g/mol. The summed E-state index contributed by atoms with van der Waals surface area (Å²) in [6.07, 6.45) is -0.0397. The summed E-state index contributed by atoms with van der Waals surface area (Å²) in [5.74, 6) is -1.87. The smallest absolute Gasteiger partial charge is 0.320 e. The van der Waals surface area contributed by atoms with Crippen molar-refractivity contribution in [1.82, 2.24) is 9.80 Å². The highest BCUT2D eigenvalue weighted by atomic mass is 16.9. The number of amides is 1. The number of piperazine rings is 1. The highest BCUT2D eigenvalue weighted by Crippen LogP contribution is 2.20. The van der Waals surface area contributed by atoms with Gasteiger partial charge in [0, 0.05) is 39.1 Å². The third-order valence-electron chi connectivity index (χ3n) is 4.42. The van der Waals surface area contributed by atoms with Crippen LogP contribution >= 0.6 is 0 Å². The Bertz CT molecular complexity index is 575. The fourth-order valence-electron chi connectivity index (χ4n) is 2.64. The Morgan fingerprint density at radius 3 is 2.39 bits per heavy atom. The molecule has 0 aliphatic carbocycles. The van der Waals surface area contributed by atoms with Gasteiger partial charge in [0.15, 0.2) is 0 Å². The minimum Gasteiger partial charge on any atom is -0.480 e. The Hall–Kier alpha value is -2.47. The first-order chi connectivity index (χ1) is 13.0. The van der Waals surface area contributed by atoms with Crippen LogP contribution in [0.25, 0.3) is 0 Å². The molecule has 1 fully saturated rings. The van der Waals surface area contributed by atoms with Crippen molar-refractivity contribution < 1.29 is 34.2 Å². The third-order valence-corrected chi connectivity index (χ3v) is 4.42. The van der Waals surface area contributed by atoms with Crippen LogP contribution in [-0.2, 0) is 24.0 Å². The second-order valence-corrected chi connectivity index (χ2v) is 7.22. The number of carboxylic acid groups (broad SMARTS) is 1. The van der Waals surface area contributed by atoms with E-state index in [0.717, 1.165) is 0 Å². The zero-order valence-corrected chi connectivity index (χ0v) is 16.2. The van der Waals surface area contributed by atoms with Crippen LogP contribution in [0.5, 0.6) is 0 Å².